The zero-order chi connectivity index (χ0) is 29.0. The fourth-order valence-corrected chi connectivity index (χ4v) is 5.56. The van der Waals surface area contributed by atoms with E-state index in [-0.39, 0.29) is 17.2 Å². The van der Waals surface area contributed by atoms with Gasteiger partial charge in [-0.25, -0.2) is 16.8 Å². The lowest BCUT2D eigenvalue weighted by Gasteiger charge is -2.20. The molecule has 0 aliphatic rings. The fraction of sp³-hybridized carbons (Fsp3) is 0.200. The summed E-state index contributed by atoms with van der Waals surface area (Å²) in [6, 6.07) is 15.7. The highest BCUT2D eigenvalue weighted by Gasteiger charge is 2.27. The maximum Gasteiger partial charge on any atom is 0.255 e. The first-order chi connectivity index (χ1) is 18.8. The van der Waals surface area contributed by atoms with E-state index in [4.69, 9.17) is 4.42 Å². The Kier molecular flexibility index (Phi) is 6.54. The Balaban J connectivity index is 1.86. The molecule has 2 heterocycles. The highest BCUT2D eigenvalue weighted by Crippen LogP contribution is 2.42. The average Bonchev–Trinajstić information content (AvgIpc) is 3.49. The number of benzene rings is 3. The molecule has 0 bridgehead atoms. The first kappa shape index (κ1) is 27.1. The van der Waals surface area contributed by atoms with Gasteiger partial charge in [-0.1, -0.05) is 12.1 Å². The molecule has 5 aromatic rings. The molecule has 0 radical (unpaired) electrons. The van der Waals surface area contributed by atoms with Crippen LogP contribution in [0.4, 0.5) is 4.39 Å². The fourth-order valence-electron chi connectivity index (χ4n) is 4.75. The smallest absolute Gasteiger partial charge is 0.255 e. The Morgan fingerprint density at radius 3 is 2.25 bits per heavy atom. The molecule has 3 aromatic carbocycles. The van der Waals surface area contributed by atoms with Gasteiger partial charge in [-0.05, 0) is 74.9 Å². The summed E-state index contributed by atoms with van der Waals surface area (Å²) in [7, 11) is -2.25. The van der Waals surface area contributed by atoms with Crippen molar-refractivity contribution in [3.8, 4) is 22.5 Å². The highest BCUT2D eigenvalue weighted by molar-refractivity contribution is 7.89. The molecule has 5 rings (SSSR count). The predicted octanol–water partition coefficient (Wildman–Crippen LogP) is 5.56. The van der Waals surface area contributed by atoms with E-state index in [2.05, 4.69) is 10.6 Å². The van der Waals surface area contributed by atoms with Crippen LogP contribution in [0.1, 0.15) is 41.5 Å². The maximum absolute atomic E-state index is 13.7. The van der Waals surface area contributed by atoms with Gasteiger partial charge in [0.15, 0.2) is 0 Å². The van der Waals surface area contributed by atoms with Gasteiger partial charge in [-0.3, -0.25) is 9.59 Å². The molecule has 10 heteroatoms. The minimum atomic E-state index is -3.74. The Hall–Kier alpha value is -4.44. The van der Waals surface area contributed by atoms with Crippen molar-refractivity contribution in [2.75, 3.05) is 13.3 Å². The number of fused-ring (bicyclic) bond motifs is 3. The SMILES string of the molecule is CNC(=O)c1c(-c2ccc(F)cc2)oc2c1cc(-c1cccc(C(=O)NC(C)(C)C)c1)c1c2ccn1S(C)(=O)=O. The van der Waals surface area contributed by atoms with Crippen molar-refractivity contribution in [3.05, 3.63) is 83.8 Å². The van der Waals surface area contributed by atoms with Crippen LogP contribution in [-0.4, -0.2) is 43.0 Å². The molecule has 40 heavy (non-hydrogen) atoms. The van der Waals surface area contributed by atoms with Crippen molar-refractivity contribution in [1.82, 2.24) is 14.6 Å². The van der Waals surface area contributed by atoms with Crippen LogP contribution in [0.5, 0.6) is 0 Å². The zero-order valence-electron chi connectivity index (χ0n) is 22.6. The number of hydrogen-bond acceptors (Lipinski definition) is 5. The molecule has 2 N–H and O–H groups in total. The molecule has 206 valence electrons. The van der Waals surface area contributed by atoms with Crippen molar-refractivity contribution in [3.63, 3.8) is 0 Å². The lowest BCUT2D eigenvalue weighted by atomic mass is 9.96. The van der Waals surface area contributed by atoms with Gasteiger partial charge in [0.1, 0.15) is 17.2 Å². The first-order valence-corrected chi connectivity index (χ1v) is 14.4. The first-order valence-electron chi connectivity index (χ1n) is 12.5. The van der Waals surface area contributed by atoms with E-state index < -0.39 is 27.3 Å². The van der Waals surface area contributed by atoms with Gasteiger partial charge in [-0.15, -0.1) is 0 Å². The second kappa shape index (κ2) is 9.63. The number of rotatable bonds is 5. The van der Waals surface area contributed by atoms with E-state index in [0.717, 1.165) is 10.2 Å². The Morgan fingerprint density at radius 2 is 1.62 bits per heavy atom. The standard InChI is InChI=1S/C30H28FN3O5S/c1-30(2,3)33-28(35)19-8-6-7-18(15-19)22-16-23-24(29(36)32-4)26(17-9-11-20(31)12-10-17)39-27(23)21-13-14-34(25(21)22)40(5,37)38/h6-16H,1-5H3,(H,32,36)(H,33,35). The second-order valence-corrected chi connectivity index (χ2v) is 12.5. The van der Waals surface area contributed by atoms with Crippen molar-refractivity contribution in [2.45, 2.75) is 26.3 Å². The molecule has 0 saturated heterocycles. The Morgan fingerprint density at radius 1 is 0.925 bits per heavy atom. The molecular weight excluding hydrogens is 533 g/mol. The van der Waals surface area contributed by atoms with Crippen LogP contribution in [0.15, 0.2) is 71.3 Å². The normalized spacial score (nSPS) is 12.2. The molecule has 0 spiro atoms. The topological polar surface area (TPSA) is 110 Å². The number of nitrogens with one attached hydrogen (secondary N) is 2. The quantitative estimate of drug-likeness (QED) is 0.292. The molecule has 0 saturated carbocycles. The van der Waals surface area contributed by atoms with E-state index in [9.17, 15) is 22.4 Å². The molecular formula is C30H28FN3O5S. The lowest BCUT2D eigenvalue weighted by Crippen LogP contribution is -2.40. The van der Waals surface area contributed by atoms with E-state index >= 15 is 0 Å². The molecule has 0 atom stereocenters. The molecule has 0 aliphatic heterocycles. The third-order valence-corrected chi connectivity index (χ3v) is 7.45. The number of nitrogens with zero attached hydrogens (tertiary/aromatic N) is 1. The van der Waals surface area contributed by atoms with Crippen LogP contribution in [0, 0.1) is 5.82 Å². The summed E-state index contributed by atoms with van der Waals surface area (Å²) < 4.78 is 46.7. The van der Waals surface area contributed by atoms with Gasteiger partial charge in [0.05, 0.1) is 17.3 Å². The number of carbonyl (C=O) groups excluding carboxylic acids is 2. The number of furan rings is 1. The molecule has 8 nitrogen and oxygen atoms in total. The van der Waals surface area contributed by atoms with Crippen LogP contribution in [0.25, 0.3) is 44.3 Å². The van der Waals surface area contributed by atoms with E-state index in [1.165, 1.54) is 37.5 Å². The number of carbonyl (C=O) groups is 2. The number of halogens is 1. The summed E-state index contributed by atoms with van der Waals surface area (Å²) in [5.41, 5.74) is 2.34. The van der Waals surface area contributed by atoms with Gasteiger partial charge in [0.25, 0.3) is 11.8 Å². The zero-order valence-corrected chi connectivity index (χ0v) is 23.4. The van der Waals surface area contributed by atoms with Gasteiger partial charge in [0.2, 0.25) is 10.0 Å². The van der Waals surface area contributed by atoms with Crippen LogP contribution >= 0.6 is 0 Å². The van der Waals surface area contributed by atoms with Crippen LogP contribution in [-0.2, 0) is 10.0 Å². The van der Waals surface area contributed by atoms with Crippen molar-refractivity contribution in [1.29, 1.82) is 0 Å². The Bertz CT molecular complexity index is 1910. The van der Waals surface area contributed by atoms with Crippen molar-refractivity contribution >= 4 is 43.7 Å². The van der Waals surface area contributed by atoms with Crippen LogP contribution in [0.3, 0.4) is 0 Å². The van der Waals surface area contributed by atoms with E-state index in [0.29, 0.717) is 44.1 Å². The number of amides is 2. The third-order valence-electron chi connectivity index (χ3n) is 6.43. The van der Waals surface area contributed by atoms with Gasteiger partial charge in [0, 0.05) is 46.2 Å². The third kappa shape index (κ3) is 4.86. The van der Waals surface area contributed by atoms with Crippen molar-refractivity contribution in [2.24, 2.45) is 0 Å². The van der Waals surface area contributed by atoms with E-state index in [1.807, 2.05) is 20.8 Å². The molecule has 0 unspecified atom stereocenters. The van der Waals surface area contributed by atoms with Crippen molar-refractivity contribution < 1.29 is 26.8 Å². The monoisotopic (exact) mass is 561 g/mol. The maximum atomic E-state index is 13.7. The van der Waals surface area contributed by atoms with E-state index in [1.54, 1.807) is 36.4 Å². The predicted molar refractivity (Wildman–Crippen MR) is 153 cm³/mol. The highest BCUT2D eigenvalue weighted by atomic mass is 32.2. The Labute approximate surface area is 230 Å². The average molecular weight is 562 g/mol. The summed E-state index contributed by atoms with van der Waals surface area (Å²) in [4.78, 5) is 26.1. The molecule has 0 aliphatic carbocycles. The van der Waals surface area contributed by atoms with Gasteiger partial charge in [-0.2, -0.15) is 0 Å². The minimum absolute atomic E-state index is 0.221. The lowest BCUT2D eigenvalue weighted by molar-refractivity contribution is 0.0918. The van der Waals surface area contributed by atoms with Crippen LogP contribution in [0.2, 0.25) is 0 Å². The summed E-state index contributed by atoms with van der Waals surface area (Å²) in [5, 5.41) is 6.47. The number of aromatic nitrogens is 1. The minimum Gasteiger partial charge on any atom is -0.454 e. The van der Waals surface area contributed by atoms with Gasteiger partial charge >= 0.3 is 0 Å². The van der Waals surface area contributed by atoms with Gasteiger partial charge < -0.3 is 15.1 Å². The van der Waals surface area contributed by atoms with Crippen LogP contribution < -0.4 is 10.6 Å². The summed E-state index contributed by atoms with van der Waals surface area (Å²) in [6.07, 6.45) is 2.52. The molecule has 2 aromatic heterocycles. The summed E-state index contributed by atoms with van der Waals surface area (Å²) in [6.45, 7) is 5.63. The molecule has 2 amide bonds. The molecule has 0 fully saturated rings. The second-order valence-electron chi connectivity index (χ2n) is 10.6. The number of hydrogen-bond donors (Lipinski definition) is 2. The summed E-state index contributed by atoms with van der Waals surface area (Å²) >= 11 is 0. The summed E-state index contributed by atoms with van der Waals surface area (Å²) in [5.74, 6) is -0.924. The largest absolute Gasteiger partial charge is 0.454 e.